The highest BCUT2D eigenvalue weighted by atomic mass is 19.4. The molecule has 1 amide bonds. The molecule has 0 bridgehead atoms. The van der Waals surface area contributed by atoms with Crippen LogP contribution in [0.4, 0.5) is 55.3 Å². The number of nitrogens with zero attached hydrogens (tertiary/aromatic N) is 2. The molecule has 1 aliphatic heterocycles. The summed E-state index contributed by atoms with van der Waals surface area (Å²) in [5, 5.41) is 0. The average Bonchev–Trinajstić information content (AvgIpc) is 3.19. The van der Waals surface area contributed by atoms with Crippen molar-refractivity contribution in [1.29, 1.82) is 0 Å². The van der Waals surface area contributed by atoms with Crippen LogP contribution in [0.2, 0.25) is 0 Å². The van der Waals surface area contributed by atoms with Gasteiger partial charge in [-0.05, 0) is 66.2 Å². The maximum atomic E-state index is 13.5. The molecule has 4 rings (SSSR count). The van der Waals surface area contributed by atoms with Gasteiger partial charge in [0, 0.05) is 12.1 Å². The molecule has 0 N–H and O–H groups in total. The van der Waals surface area contributed by atoms with Gasteiger partial charge in [0.2, 0.25) is 0 Å². The third kappa shape index (κ3) is 7.61. The van der Waals surface area contributed by atoms with Crippen molar-refractivity contribution < 1.29 is 62.9 Å². The summed E-state index contributed by atoms with van der Waals surface area (Å²) in [4.78, 5) is 18.7. The van der Waals surface area contributed by atoms with Crippen LogP contribution in [0.1, 0.15) is 18.0 Å². The molecule has 3 aromatic carbocycles. The molecule has 0 saturated carbocycles. The second-order valence-electron chi connectivity index (χ2n) is 8.57. The Morgan fingerprint density at radius 1 is 0.738 bits per heavy atom. The van der Waals surface area contributed by atoms with Crippen LogP contribution in [-0.2, 0) is 4.79 Å². The van der Waals surface area contributed by atoms with Crippen LogP contribution in [0.15, 0.2) is 77.8 Å². The fourth-order valence-electron chi connectivity index (χ4n) is 3.97. The van der Waals surface area contributed by atoms with E-state index < -0.39 is 54.5 Å². The molecule has 1 saturated heterocycles. The summed E-state index contributed by atoms with van der Waals surface area (Å²) in [5.41, 5.74) is 0.0175. The summed E-state index contributed by atoms with van der Waals surface area (Å²) in [6.45, 7) is 0. The zero-order valence-electron chi connectivity index (χ0n) is 20.6. The highest BCUT2D eigenvalue weighted by molar-refractivity contribution is 6.46. The zero-order chi connectivity index (χ0) is 30.9. The first kappa shape index (κ1) is 30.5. The van der Waals surface area contributed by atoms with Gasteiger partial charge < -0.3 is 14.2 Å². The van der Waals surface area contributed by atoms with Gasteiger partial charge in [-0.15, -0.1) is 26.3 Å². The average molecular weight is 610 g/mol. The Kier molecular flexibility index (Phi) is 8.27. The number of carbonyl (C=O) groups excluding carboxylic acids is 1. The van der Waals surface area contributed by atoms with Gasteiger partial charge in [0.25, 0.3) is 5.91 Å². The Bertz CT molecular complexity index is 1440. The van der Waals surface area contributed by atoms with Gasteiger partial charge >= 0.3 is 25.3 Å². The second-order valence-corrected chi connectivity index (χ2v) is 8.57. The minimum absolute atomic E-state index is 0.0304. The molecule has 16 heteroatoms. The normalized spacial score (nSPS) is 17.2. The summed E-state index contributed by atoms with van der Waals surface area (Å²) in [6.07, 6.45) is -19.1. The van der Waals surface area contributed by atoms with Gasteiger partial charge in [-0.2, -0.15) is 17.6 Å². The van der Waals surface area contributed by atoms with Crippen LogP contribution >= 0.6 is 0 Å². The number of rotatable bonds is 8. The Morgan fingerprint density at radius 3 is 1.81 bits per heavy atom. The lowest BCUT2D eigenvalue weighted by Crippen LogP contribution is -2.33. The van der Waals surface area contributed by atoms with Crippen molar-refractivity contribution >= 4 is 23.0 Å². The van der Waals surface area contributed by atoms with Gasteiger partial charge in [-0.25, -0.2) is 4.99 Å². The van der Waals surface area contributed by atoms with Crippen molar-refractivity contribution in [1.82, 2.24) is 0 Å². The van der Waals surface area contributed by atoms with E-state index >= 15 is 0 Å². The number of alkyl halides is 10. The molecule has 3 aromatic rings. The first-order valence-electron chi connectivity index (χ1n) is 11.6. The lowest BCUT2D eigenvalue weighted by atomic mass is 10.0. The molecule has 0 aromatic heterocycles. The Labute approximate surface area is 229 Å². The molecular formula is C26H16F10N2O4. The third-order valence-electron chi connectivity index (χ3n) is 5.60. The van der Waals surface area contributed by atoms with Crippen LogP contribution in [0.25, 0.3) is 0 Å². The maximum Gasteiger partial charge on any atom is 0.573 e. The molecule has 1 atom stereocenters. The smallest absolute Gasteiger partial charge is 0.428 e. The quantitative estimate of drug-likeness (QED) is 0.243. The van der Waals surface area contributed by atoms with Gasteiger partial charge in [-0.3, -0.25) is 9.69 Å². The highest BCUT2D eigenvalue weighted by Crippen LogP contribution is 2.40. The lowest BCUT2D eigenvalue weighted by Gasteiger charge is -2.25. The number of hydrogen-bond acceptors (Lipinski definition) is 5. The fraction of sp³-hybridized carbons (Fsp3) is 0.231. The summed E-state index contributed by atoms with van der Waals surface area (Å²) in [5.74, 6) is -2.61. The molecule has 0 spiro atoms. The standard InChI is InChI=1S/C26H16F10N2O4/c27-23(28)24(29,30)40-19-3-1-2-14(12-19)21-13-20(37-15-4-8-17(9-5-15)41-25(31,32)33)22(39)38(21)16-6-10-18(11-7-16)42-26(34,35)36/h1-12,21,23H,13H2. The summed E-state index contributed by atoms with van der Waals surface area (Å²) < 4.78 is 139. The molecular weight excluding hydrogens is 594 g/mol. The highest BCUT2D eigenvalue weighted by Gasteiger charge is 2.44. The van der Waals surface area contributed by atoms with Gasteiger partial charge in [0.1, 0.15) is 23.0 Å². The zero-order valence-corrected chi connectivity index (χ0v) is 20.6. The molecule has 42 heavy (non-hydrogen) atoms. The van der Waals surface area contributed by atoms with E-state index in [-0.39, 0.29) is 29.1 Å². The van der Waals surface area contributed by atoms with E-state index in [0.717, 1.165) is 65.6 Å². The molecule has 6 nitrogen and oxygen atoms in total. The minimum Gasteiger partial charge on any atom is -0.428 e. The number of carbonyl (C=O) groups is 1. The van der Waals surface area contributed by atoms with E-state index in [1.165, 1.54) is 12.1 Å². The second kappa shape index (κ2) is 11.4. The maximum absolute atomic E-state index is 13.5. The SMILES string of the molecule is O=C1C(=Nc2ccc(OC(F)(F)F)cc2)CC(c2cccc(OC(F)(F)C(F)F)c2)N1c1ccc(OC(F)(F)F)cc1. The van der Waals surface area contributed by atoms with Gasteiger partial charge in [0.05, 0.1) is 11.7 Å². The van der Waals surface area contributed by atoms with E-state index in [9.17, 15) is 48.7 Å². The van der Waals surface area contributed by atoms with Crippen molar-refractivity contribution in [2.45, 2.75) is 37.7 Å². The molecule has 1 fully saturated rings. The number of amides is 1. The Morgan fingerprint density at radius 2 is 1.29 bits per heavy atom. The fourth-order valence-corrected chi connectivity index (χ4v) is 3.97. The van der Waals surface area contributed by atoms with E-state index in [4.69, 9.17) is 0 Å². The number of hydrogen-bond donors (Lipinski definition) is 0. The van der Waals surface area contributed by atoms with Crippen LogP contribution in [0, 0.1) is 0 Å². The van der Waals surface area contributed by atoms with Crippen LogP contribution in [-0.4, -0.2) is 36.9 Å². The first-order chi connectivity index (χ1) is 19.5. The largest absolute Gasteiger partial charge is 0.573 e. The number of anilines is 1. The van der Waals surface area contributed by atoms with Crippen molar-refractivity contribution in [3.63, 3.8) is 0 Å². The lowest BCUT2D eigenvalue weighted by molar-refractivity contribution is -0.275. The van der Waals surface area contributed by atoms with E-state index in [2.05, 4.69) is 19.2 Å². The minimum atomic E-state index is -4.99. The number of aliphatic imine (C=N–C) groups is 1. The number of ether oxygens (including phenoxy) is 3. The van der Waals surface area contributed by atoms with Crippen LogP contribution in [0.3, 0.4) is 0 Å². The summed E-state index contributed by atoms with van der Waals surface area (Å²) in [6, 6.07) is 11.7. The Balaban J connectivity index is 1.69. The molecule has 1 unspecified atom stereocenters. The van der Waals surface area contributed by atoms with Gasteiger partial charge in [0.15, 0.2) is 0 Å². The van der Waals surface area contributed by atoms with Crippen molar-refractivity contribution in [3.8, 4) is 17.2 Å². The van der Waals surface area contributed by atoms with Crippen LogP contribution in [0.5, 0.6) is 17.2 Å². The molecule has 0 radical (unpaired) electrons. The van der Waals surface area contributed by atoms with E-state index in [1.54, 1.807) is 0 Å². The molecule has 1 heterocycles. The topological polar surface area (TPSA) is 60.4 Å². The molecule has 0 aliphatic carbocycles. The third-order valence-corrected chi connectivity index (χ3v) is 5.60. The van der Waals surface area contributed by atoms with E-state index in [0.29, 0.717) is 0 Å². The van der Waals surface area contributed by atoms with E-state index in [1.807, 2.05) is 0 Å². The predicted molar refractivity (Wildman–Crippen MR) is 126 cm³/mol. The Hall–Kier alpha value is -4.50. The van der Waals surface area contributed by atoms with Crippen molar-refractivity contribution in [3.05, 3.63) is 78.4 Å². The number of halogens is 10. The molecule has 1 aliphatic rings. The predicted octanol–water partition coefficient (Wildman–Crippen LogP) is 7.97. The monoisotopic (exact) mass is 610 g/mol. The van der Waals surface area contributed by atoms with Gasteiger partial charge in [-0.1, -0.05) is 12.1 Å². The van der Waals surface area contributed by atoms with Crippen molar-refractivity contribution in [2.24, 2.45) is 4.99 Å². The summed E-state index contributed by atoms with van der Waals surface area (Å²) >= 11 is 0. The first-order valence-corrected chi connectivity index (χ1v) is 11.6. The summed E-state index contributed by atoms with van der Waals surface area (Å²) in [7, 11) is 0. The number of benzene rings is 3. The molecule has 224 valence electrons. The van der Waals surface area contributed by atoms with Crippen LogP contribution < -0.4 is 19.1 Å². The van der Waals surface area contributed by atoms with Crippen molar-refractivity contribution in [2.75, 3.05) is 4.90 Å².